The highest BCUT2D eigenvalue weighted by molar-refractivity contribution is 5.81. The maximum atomic E-state index is 9.77. The van der Waals surface area contributed by atoms with Gasteiger partial charge in [-0.25, -0.2) is 4.98 Å². The fourth-order valence-corrected chi connectivity index (χ4v) is 3.83. The summed E-state index contributed by atoms with van der Waals surface area (Å²) in [5.41, 5.74) is 1.89. The molecular weight excluding hydrogens is 316 g/mol. The Morgan fingerprint density at radius 3 is 2.56 bits per heavy atom. The molecule has 4 rings (SSSR count). The number of fused-ring (bicyclic) bond motifs is 1. The van der Waals surface area contributed by atoms with Gasteiger partial charge in [0.2, 0.25) is 0 Å². The standard InChI is InChI=1S/C20H26N2O3/c23-14-16-13-15-3-1-2-4-19(15)21-20(16)22-9-5-17(6-10-22)25-18-7-11-24-12-8-18/h1-4,13,17-18,23H,5-12,14H2. The second-order valence-corrected chi connectivity index (χ2v) is 6.96. The SMILES string of the molecule is OCc1cc2ccccc2nc1N1CCC(OC2CCOCC2)CC1. The number of aliphatic hydroxyl groups is 1. The Kier molecular flexibility index (Phi) is 5.15. The molecule has 0 amide bonds. The summed E-state index contributed by atoms with van der Waals surface area (Å²) in [4.78, 5) is 7.11. The van der Waals surface area contributed by atoms with E-state index in [-0.39, 0.29) is 6.61 Å². The number of aromatic nitrogens is 1. The Bertz CT molecular complexity index is 707. The molecule has 0 atom stereocenters. The molecule has 1 aromatic heterocycles. The van der Waals surface area contributed by atoms with E-state index in [1.165, 1.54) is 0 Å². The smallest absolute Gasteiger partial charge is 0.134 e. The molecule has 2 aliphatic heterocycles. The number of hydrogen-bond donors (Lipinski definition) is 1. The minimum absolute atomic E-state index is 0.0195. The van der Waals surface area contributed by atoms with Crippen LogP contribution in [0.4, 0.5) is 5.82 Å². The zero-order valence-electron chi connectivity index (χ0n) is 14.6. The number of pyridine rings is 1. The Morgan fingerprint density at radius 2 is 1.80 bits per heavy atom. The molecule has 1 N–H and O–H groups in total. The van der Waals surface area contributed by atoms with Crippen molar-refractivity contribution in [3.8, 4) is 0 Å². The Hall–Kier alpha value is -1.69. The normalized spacial score (nSPS) is 20.3. The minimum Gasteiger partial charge on any atom is -0.392 e. The van der Waals surface area contributed by atoms with E-state index in [1.54, 1.807) is 0 Å². The van der Waals surface area contributed by atoms with E-state index in [1.807, 2.05) is 24.3 Å². The number of para-hydroxylation sites is 1. The van der Waals surface area contributed by atoms with Crippen molar-refractivity contribution < 1.29 is 14.6 Å². The first-order valence-electron chi connectivity index (χ1n) is 9.31. The average Bonchev–Trinajstić information content (AvgIpc) is 2.68. The van der Waals surface area contributed by atoms with E-state index in [4.69, 9.17) is 14.5 Å². The summed E-state index contributed by atoms with van der Waals surface area (Å²) in [5.74, 6) is 0.922. The van der Waals surface area contributed by atoms with E-state index in [0.29, 0.717) is 12.2 Å². The van der Waals surface area contributed by atoms with Gasteiger partial charge >= 0.3 is 0 Å². The number of rotatable bonds is 4. The number of aliphatic hydroxyl groups excluding tert-OH is 1. The van der Waals surface area contributed by atoms with Crippen molar-refractivity contribution in [3.05, 3.63) is 35.9 Å². The largest absolute Gasteiger partial charge is 0.392 e. The van der Waals surface area contributed by atoms with Crippen molar-refractivity contribution in [2.45, 2.75) is 44.5 Å². The second kappa shape index (κ2) is 7.68. The molecule has 5 nitrogen and oxygen atoms in total. The molecule has 5 heteroatoms. The Morgan fingerprint density at radius 1 is 1.08 bits per heavy atom. The zero-order chi connectivity index (χ0) is 17.1. The van der Waals surface area contributed by atoms with Crippen LogP contribution in [0, 0.1) is 0 Å². The molecule has 2 aromatic rings. The van der Waals surface area contributed by atoms with Crippen LogP contribution in [0.15, 0.2) is 30.3 Å². The highest BCUT2D eigenvalue weighted by Gasteiger charge is 2.25. The van der Waals surface area contributed by atoms with E-state index in [2.05, 4.69) is 11.0 Å². The van der Waals surface area contributed by atoms with Crippen LogP contribution in [-0.2, 0) is 16.1 Å². The van der Waals surface area contributed by atoms with Crippen molar-refractivity contribution >= 4 is 16.7 Å². The van der Waals surface area contributed by atoms with Gasteiger partial charge in [0.1, 0.15) is 5.82 Å². The van der Waals surface area contributed by atoms with Crippen molar-refractivity contribution in [1.29, 1.82) is 0 Å². The first-order chi connectivity index (χ1) is 12.3. The predicted octanol–water partition coefficient (Wildman–Crippen LogP) is 2.89. The van der Waals surface area contributed by atoms with Crippen LogP contribution in [0.1, 0.15) is 31.2 Å². The van der Waals surface area contributed by atoms with Crippen LogP contribution >= 0.6 is 0 Å². The summed E-state index contributed by atoms with van der Waals surface area (Å²) in [5, 5.41) is 10.9. The molecule has 25 heavy (non-hydrogen) atoms. The van der Waals surface area contributed by atoms with Gasteiger partial charge in [0.25, 0.3) is 0 Å². The van der Waals surface area contributed by atoms with Crippen LogP contribution < -0.4 is 4.90 Å². The number of nitrogens with zero attached hydrogens (tertiary/aromatic N) is 2. The van der Waals surface area contributed by atoms with Crippen LogP contribution in [-0.4, -0.2) is 48.6 Å². The van der Waals surface area contributed by atoms with E-state index in [0.717, 1.165) is 74.3 Å². The van der Waals surface area contributed by atoms with Gasteiger partial charge in [-0.1, -0.05) is 18.2 Å². The lowest BCUT2D eigenvalue weighted by Gasteiger charge is -2.36. The first-order valence-corrected chi connectivity index (χ1v) is 9.31. The number of piperidine rings is 1. The molecule has 0 bridgehead atoms. The molecule has 0 spiro atoms. The molecule has 0 radical (unpaired) electrons. The molecule has 1 aromatic carbocycles. The van der Waals surface area contributed by atoms with E-state index in [9.17, 15) is 5.11 Å². The third kappa shape index (κ3) is 3.78. The van der Waals surface area contributed by atoms with Crippen molar-refractivity contribution in [3.63, 3.8) is 0 Å². The highest BCUT2D eigenvalue weighted by Crippen LogP contribution is 2.28. The summed E-state index contributed by atoms with van der Waals surface area (Å²) in [7, 11) is 0. The van der Waals surface area contributed by atoms with Gasteiger partial charge < -0.3 is 19.5 Å². The Labute approximate surface area is 148 Å². The minimum atomic E-state index is 0.0195. The van der Waals surface area contributed by atoms with Gasteiger partial charge in [-0.05, 0) is 37.8 Å². The van der Waals surface area contributed by atoms with Gasteiger partial charge in [0.15, 0.2) is 0 Å². The molecule has 2 fully saturated rings. The maximum absolute atomic E-state index is 9.77. The predicted molar refractivity (Wildman–Crippen MR) is 97.8 cm³/mol. The van der Waals surface area contributed by atoms with E-state index >= 15 is 0 Å². The van der Waals surface area contributed by atoms with Gasteiger partial charge in [-0.3, -0.25) is 0 Å². The maximum Gasteiger partial charge on any atom is 0.134 e. The molecule has 2 saturated heterocycles. The van der Waals surface area contributed by atoms with Crippen molar-refractivity contribution in [2.75, 3.05) is 31.2 Å². The number of ether oxygens (including phenoxy) is 2. The van der Waals surface area contributed by atoms with Gasteiger partial charge in [-0.15, -0.1) is 0 Å². The van der Waals surface area contributed by atoms with Crippen molar-refractivity contribution in [2.24, 2.45) is 0 Å². The van der Waals surface area contributed by atoms with Gasteiger partial charge in [0, 0.05) is 37.3 Å². The number of anilines is 1. The molecule has 0 aliphatic carbocycles. The average molecular weight is 342 g/mol. The summed E-state index contributed by atoms with van der Waals surface area (Å²) < 4.78 is 11.7. The fraction of sp³-hybridized carbons (Fsp3) is 0.550. The van der Waals surface area contributed by atoms with Gasteiger partial charge in [0.05, 0.1) is 24.3 Å². The van der Waals surface area contributed by atoms with Crippen molar-refractivity contribution in [1.82, 2.24) is 4.98 Å². The lowest BCUT2D eigenvalue weighted by atomic mass is 10.0. The molecule has 3 heterocycles. The monoisotopic (exact) mass is 342 g/mol. The lowest BCUT2D eigenvalue weighted by Crippen LogP contribution is -2.40. The lowest BCUT2D eigenvalue weighted by molar-refractivity contribution is -0.0744. The number of benzene rings is 1. The molecule has 134 valence electrons. The fourth-order valence-electron chi connectivity index (χ4n) is 3.83. The molecule has 0 unspecified atom stereocenters. The summed E-state index contributed by atoms with van der Waals surface area (Å²) >= 11 is 0. The Balaban J connectivity index is 1.44. The molecule has 0 saturated carbocycles. The molecule has 2 aliphatic rings. The van der Waals surface area contributed by atoms with Gasteiger partial charge in [-0.2, -0.15) is 0 Å². The number of hydrogen-bond acceptors (Lipinski definition) is 5. The van der Waals surface area contributed by atoms with Crippen LogP contribution in [0.3, 0.4) is 0 Å². The van der Waals surface area contributed by atoms with E-state index < -0.39 is 0 Å². The highest BCUT2D eigenvalue weighted by atomic mass is 16.5. The van der Waals surface area contributed by atoms with Crippen LogP contribution in [0.5, 0.6) is 0 Å². The summed E-state index contributed by atoms with van der Waals surface area (Å²) in [6, 6.07) is 10.1. The van der Waals surface area contributed by atoms with Crippen LogP contribution in [0.25, 0.3) is 10.9 Å². The first kappa shape index (κ1) is 16.8. The topological polar surface area (TPSA) is 54.8 Å². The summed E-state index contributed by atoms with van der Waals surface area (Å²) in [6.45, 7) is 3.51. The summed E-state index contributed by atoms with van der Waals surface area (Å²) in [6.07, 6.45) is 4.74. The third-order valence-electron chi connectivity index (χ3n) is 5.25. The van der Waals surface area contributed by atoms with Crippen LogP contribution in [0.2, 0.25) is 0 Å². The quantitative estimate of drug-likeness (QED) is 0.926. The second-order valence-electron chi connectivity index (χ2n) is 6.96. The third-order valence-corrected chi connectivity index (χ3v) is 5.25. The molecular formula is C20H26N2O3. The zero-order valence-corrected chi connectivity index (χ0v) is 14.6.